The fourth-order valence-corrected chi connectivity index (χ4v) is 4.27. The SMILES string of the molecule is Cc1cc(F)ccc1S(=O)(=O)Nc1cc(C)c(C(=O)O)s1. The number of nitrogens with one attached hydrogen (secondary N) is 1. The molecular formula is C13H12FNO4S2. The van der Waals surface area contributed by atoms with Gasteiger partial charge in [-0.1, -0.05) is 0 Å². The molecule has 0 spiro atoms. The largest absolute Gasteiger partial charge is 0.477 e. The molecule has 2 N–H and O–H groups in total. The molecule has 0 atom stereocenters. The number of aromatic carboxylic acids is 1. The minimum atomic E-state index is -3.89. The first kappa shape index (κ1) is 15.5. The number of anilines is 1. The third-order valence-electron chi connectivity index (χ3n) is 2.77. The molecule has 0 amide bonds. The molecule has 1 aromatic carbocycles. The van der Waals surface area contributed by atoms with E-state index in [1.165, 1.54) is 19.1 Å². The predicted octanol–water partition coefficient (Wildman–Crippen LogP) is 3.00. The van der Waals surface area contributed by atoms with E-state index in [-0.39, 0.29) is 20.3 Å². The number of benzene rings is 1. The Morgan fingerprint density at radius 3 is 2.43 bits per heavy atom. The summed E-state index contributed by atoms with van der Waals surface area (Å²) in [6.07, 6.45) is 0. The third-order valence-corrected chi connectivity index (χ3v) is 5.57. The molecule has 0 fully saturated rings. The lowest BCUT2D eigenvalue weighted by molar-refractivity contribution is 0.0701. The quantitative estimate of drug-likeness (QED) is 0.903. The van der Waals surface area contributed by atoms with Crippen LogP contribution in [0.4, 0.5) is 9.39 Å². The van der Waals surface area contributed by atoms with Crippen LogP contribution >= 0.6 is 11.3 Å². The van der Waals surface area contributed by atoms with E-state index in [1.807, 2.05) is 0 Å². The Kier molecular flexibility index (Phi) is 4.02. The van der Waals surface area contributed by atoms with Gasteiger partial charge in [-0.3, -0.25) is 4.72 Å². The van der Waals surface area contributed by atoms with Gasteiger partial charge in [0.1, 0.15) is 15.7 Å². The molecule has 21 heavy (non-hydrogen) atoms. The second-order valence-electron chi connectivity index (χ2n) is 4.44. The average Bonchev–Trinajstić information content (AvgIpc) is 2.68. The van der Waals surface area contributed by atoms with Gasteiger partial charge in [-0.2, -0.15) is 0 Å². The van der Waals surface area contributed by atoms with Gasteiger partial charge in [0.05, 0.1) is 4.90 Å². The molecule has 0 aliphatic heterocycles. The van der Waals surface area contributed by atoms with Gasteiger partial charge in [0.25, 0.3) is 10.0 Å². The molecule has 2 aromatic rings. The standard InChI is InChI=1S/C13H12FNO4S2/c1-7-5-9(14)3-4-10(7)21(18,19)15-11-6-8(2)12(20-11)13(16)17/h3-6,15H,1-2H3,(H,16,17). The van der Waals surface area contributed by atoms with Crippen molar-refractivity contribution in [2.24, 2.45) is 0 Å². The van der Waals surface area contributed by atoms with E-state index in [2.05, 4.69) is 4.72 Å². The van der Waals surface area contributed by atoms with Gasteiger partial charge in [-0.25, -0.2) is 17.6 Å². The van der Waals surface area contributed by atoms with Crippen LogP contribution in [0.5, 0.6) is 0 Å². The summed E-state index contributed by atoms with van der Waals surface area (Å²) in [4.78, 5) is 11.0. The fourth-order valence-electron chi connectivity index (χ4n) is 1.85. The number of halogens is 1. The maximum atomic E-state index is 13.0. The number of hydrogen-bond acceptors (Lipinski definition) is 4. The number of thiophene rings is 1. The van der Waals surface area contributed by atoms with Crippen molar-refractivity contribution in [2.45, 2.75) is 18.7 Å². The van der Waals surface area contributed by atoms with Crippen molar-refractivity contribution in [3.8, 4) is 0 Å². The highest BCUT2D eigenvalue weighted by molar-refractivity contribution is 7.93. The number of rotatable bonds is 4. The Bertz CT molecular complexity index is 812. The summed E-state index contributed by atoms with van der Waals surface area (Å²) in [6, 6.07) is 4.80. The molecule has 0 aliphatic carbocycles. The number of carbonyl (C=O) groups is 1. The number of aryl methyl sites for hydroxylation is 2. The summed E-state index contributed by atoms with van der Waals surface area (Å²) in [5.41, 5.74) is 0.746. The molecule has 0 radical (unpaired) electrons. The summed E-state index contributed by atoms with van der Waals surface area (Å²) in [5.74, 6) is -1.63. The fraction of sp³-hybridized carbons (Fsp3) is 0.154. The molecule has 0 saturated carbocycles. The maximum Gasteiger partial charge on any atom is 0.346 e. The van der Waals surface area contributed by atoms with E-state index in [0.29, 0.717) is 5.56 Å². The first-order chi connectivity index (χ1) is 9.70. The van der Waals surface area contributed by atoms with Gasteiger partial charge in [-0.05, 0) is 49.2 Å². The van der Waals surface area contributed by atoms with Crippen LogP contribution in [-0.2, 0) is 10.0 Å². The van der Waals surface area contributed by atoms with Crippen molar-refractivity contribution in [3.05, 3.63) is 46.1 Å². The lowest BCUT2D eigenvalue weighted by Gasteiger charge is -2.08. The molecular weight excluding hydrogens is 317 g/mol. The molecule has 1 aromatic heterocycles. The predicted molar refractivity (Wildman–Crippen MR) is 78.0 cm³/mol. The van der Waals surface area contributed by atoms with E-state index in [9.17, 15) is 17.6 Å². The van der Waals surface area contributed by atoms with Crippen LogP contribution in [0.25, 0.3) is 0 Å². The molecule has 5 nitrogen and oxygen atoms in total. The maximum absolute atomic E-state index is 13.0. The summed E-state index contributed by atoms with van der Waals surface area (Å²) >= 11 is 0.834. The minimum absolute atomic E-state index is 0.0492. The van der Waals surface area contributed by atoms with E-state index in [1.54, 1.807) is 6.92 Å². The number of carboxylic acid groups (broad SMARTS) is 1. The van der Waals surface area contributed by atoms with Crippen LogP contribution in [0.3, 0.4) is 0 Å². The van der Waals surface area contributed by atoms with Crippen LogP contribution in [-0.4, -0.2) is 19.5 Å². The minimum Gasteiger partial charge on any atom is -0.477 e. The highest BCUT2D eigenvalue weighted by atomic mass is 32.2. The first-order valence-electron chi connectivity index (χ1n) is 5.83. The highest BCUT2D eigenvalue weighted by Gasteiger charge is 2.20. The summed E-state index contributed by atoms with van der Waals surface area (Å²) in [5, 5.41) is 9.16. The van der Waals surface area contributed by atoms with Crippen molar-refractivity contribution in [2.75, 3.05) is 4.72 Å². The van der Waals surface area contributed by atoms with Crippen molar-refractivity contribution in [3.63, 3.8) is 0 Å². The van der Waals surface area contributed by atoms with Gasteiger partial charge in [0, 0.05) is 0 Å². The second kappa shape index (κ2) is 5.45. The van der Waals surface area contributed by atoms with Gasteiger partial charge < -0.3 is 5.11 Å². The molecule has 112 valence electrons. The zero-order valence-corrected chi connectivity index (χ0v) is 12.8. The molecule has 0 aliphatic rings. The van der Waals surface area contributed by atoms with E-state index in [0.717, 1.165) is 23.5 Å². The first-order valence-corrected chi connectivity index (χ1v) is 8.13. The van der Waals surface area contributed by atoms with Crippen LogP contribution < -0.4 is 4.72 Å². The van der Waals surface area contributed by atoms with Crippen LogP contribution in [0, 0.1) is 19.7 Å². The average molecular weight is 329 g/mol. The molecule has 0 unspecified atom stereocenters. The zero-order chi connectivity index (χ0) is 15.8. The number of hydrogen-bond donors (Lipinski definition) is 2. The summed E-state index contributed by atoms with van der Waals surface area (Å²) < 4.78 is 39.8. The summed E-state index contributed by atoms with van der Waals surface area (Å²) in [6.45, 7) is 3.07. The smallest absolute Gasteiger partial charge is 0.346 e. The molecule has 8 heteroatoms. The lowest BCUT2D eigenvalue weighted by atomic mass is 10.2. The van der Waals surface area contributed by atoms with Crippen molar-refractivity contribution in [1.82, 2.24) is 0 Å². The Hall–Kier alpha value is -1.93. The van der Waals surface area contributed by atoms with Gasteiger partial charge in [0.2, 0.25) is 0 Å². The monoisotopic (exact) mass is 329 g/mol. The normalized spacial score (nSPS) is 11.4. The Morgan fingerprint density at radius 1 is 1.24 bits per heavy atom. The van der Waals surface area contributed by atoms with Crippen molar-refractivity contribution in [1.29, 1.82) is 0 Å². The highest BCUT2D eigenvalue weighted by Crippen LogP contribution is 2.29. The molecule has 1 heterocycles. The van der Waals surface area contributed by atoms with Crippen LogP contribution in [0.15, 0.2) is 29.2 Å². The van der Waals surface area contributed by atoms with Crippen molar-refractivity contribution < 1.29 is 22.7 Å². The molecule has 2 rings (SSSR count). The Balaban J connectivity index is 2.37. The van der Waals surface area contributed by atoms with Crippen LogP contribution in [0.2, 0.25) is 0 Å². The van der Waals surface area contributed by atoms with E-state index in [4.69, 9.17) is 5.11 Å². The van der Waals surface area contributed by atoms with E-state index < -0.39 is 21.8 Å². The zero-order valence-electron chi connectivity index (χ0n) is 11.2. The lowest BCUT2D eigenvalue weighted by Crippen LogP contribution is -2.13. The number of sulfonamides is 1. The Morgan fingerprint density at radius 2 is 1.90 bits per heavy atom. The van der Waals surface area contributed by atoms with E-state index >= 15 is 0 Å². The summed E-state index contributed by atoms with van der Waals surface area (Å²) in [7, 11) is -3.89. The van der Waals surface area contributed by atoms with Gasteiger partial charge in [0.15, 0.2) is 0 Å². The molecule has 0 saturated heterocycles. The van der Waals surface area contributed by atoms with Crippen LogP contribution in [0.1, 0.15) is 20.8 Å². The Labute approximate surface area is 125 Å². The topological polar surface area (TPSA) is 83.5 Å². The third kappa shape index (κ3) is 3.22. The van der Waals surface area contributed by atoms with Gasteiger partial charge >= 0.3 is 5.97 Å². The number of carboxylic acids is 1. The van der Waals surface area contributed by atoms with Crippen molar-refractivity contribution >= 4 is 32.3 Å². The van der Waals surface area contributed by atoms with Gasteiger partial charge in [-0.15, -0.1) is 11.3 Å². The molecule has 0 bridgehead atoms. The second-order valence-corrected chi connectivity index (χ2v) is 7.15.